The van der Waals surface area contributed by atoms with E-state index in [4.69, 9.17) is 0 Å². The van der Waals surface area contributed by atoms with Crippen molar-refractivity contribution >= 4 is 17.5 Å². The van der Waals surface area contributed by atoms with Gasteiger partial charge in [-0.2, -0.15) is 0 Å². The van der Waals surface area contributed by atoms with Gasteiger partial charge in [-0.15, -0.1) is 0 Å². The molecule has 2 fully saturated rings. The molecule has 10 atom stereocenters. The van der Waals surface area contributed by atoms with Gasteiger partial charge in [0.2, 0.25) is 0 Å². The van der Waals surface area contributed by atoms with E-state index in [1.165, 1.54) is 13.0 Å². The Morgan fingerprint density at radius 3 is 2.25 bits per heavy atom. The Morgan fingerprint density at radius 2 is 1.68 bits per heavy atom. The maximum Gasteiger partial charge on any atom is 0.331 e. The Hall–Kier alpha value is -1.87. The number of hydrogen-bond acceptors (Lipinski definition) is 7. The summed E-state index contributed by atoms with van der Waals surface area (Å²) in [5.74, 6) is -1.56. The fourth-order valence-corrected chi connectivity index (χ4v) is 9.58. The number of carbonyl (C=O) groups excluding carboxylic acids is 2. The fourth-order valence-electron chi connectivity index (χ4n) is 9.58. The molecule has 8 heteroatoms. The molecular weight excluding hydrogens is 512 g/mol. The molecule has 0 aromatic carbocycles. The summed E-state index contributed by atoms with van der Waals surface area (Å²) in [5.41, 5.74) is -1.57. The zero-order valence-corrected chi connectivity index (χ0v) is 25.0. The first-order chi connectivity index (χ1) is 18.3. The van der Waals surface area contributed by atoms with Crippen LogP contribution in [0.5, 0.6) is 0 Å². The fraction of sp³-hybridized carbons (Fsp3) is 0.781. The molecule has 0 bridgehead atoms. The highest BCUT2D eigenvalue weighted by Gasteiger charge is 2.70. The lowest BCUT2D eigenvalue weighted by Gasteiger charge is -2.61. The third-order valence-electron chi connectivity index (χ3n) is 11.9. The van der Waals surface area contributed by atoms with E-state index >= 15 is 0 Å². The van der Waals surface area contributed by atoms with E-state index in [0.717, 1.165) is 0 Å². The summed E-state index contributed by atoms with van der Waals surface area (Å²) >= 11 is 0. The van der Waals surface area contributed by atoms with Gasteiger partial charge in [0, 0.05) is 46.7 Å². The van der Waals surface area contributed by atoms with Crippen LogP contribution in [0.2, 0.25) is 0 Å². The third-order valence-corrected chi connectivity index (χ3v) is 11.9. The molecule has 4 aliphatic carbocycles. The van der Waals surface area contributed by atoms with Crippen LogP contribution in [-0.2, 0) is 14.4 Å². The highest BCUT2D eigenvalue weighted by Crippen LogP contribution is 2.71. The average Bonchev–Trinajstić information content (AvgIpc) is 3.03. The van der Waals surface area contributed by atoms with Gasteiger partial charge in [0.1, 0.15) is 5.78 Å². The van der Waals surface area contributed by atoms with Crippen LogP contribution < -0.4 is 0 Å². The normalized spacial score (nSPS) is 41.6. The van der Waals surface area contributed by atoms with Crippen LogP contribution >= 0.6 is 0 Å². The van der Waals surface area contributed by atoms with Crippen LogP contribution in [0.15, 0.2) is 22.8 Å². The molecule has 0 saturated heterocycles. The SMILES string of the molecule is CC(O)CC(=CC(O)CC(C)C1CC(O)C2(C)C3=C(C(=O)CC12C)C1(C)CCC(=O)C(C)(C)C1CC3O)C(=O)O. The zero-order valence-electron chi connectivity index (χ0n) is 25.0. The lowest BCUT2D eigenvalue weighted by atomic mass is 9.42. The molecule has 10 unspecified atom stereocenters. The molecule has 0 aliphatic heterocycles. The summed E-state index contributed by atoms with van der Waals surface area (Å²) in [6.07, 6.45) is -0.345. The van der Waals surface area contributed by atoms with Gasteiger partial charge in [0.05, 0.1) is 24.4 Å². The molecule has 40 heavy (non-hydrogen) atoms. The van der Waals surface area contributed by atoms with E-state index < -0.39 is 52.0 Å². The molecule has 0 heterocycles. The van der Waals surface area contributed by atoms with Gasteiger partial charge in [0.25, 0.3) is 0 Å². The second kappa shape index (κ2) is 10.1. The number of carboxylic acid groups (broad SMARTS) is 1. The first-order valence-electron chi connectivity index (χ1n) is 14.8. The zero-order chi connectivity index (χ0) is 30.2. The summed E-state index contributed by atoms with van der Waals surface area (Å²) in [6.45, 7) is 13.3. The number of Topliss-reactive ketones (excluding diaryl/α,β-unsaturated/α-hetero) is 2. The van der Waals surface area contributed by atoms with Crippen molar-refractivity contribution in [3.8, 4) is 0 Å². The molecule has 5 N–H and O–H groups in total. The summed E-state index contributed by atoms with van der Waals surface area (Å²) in [5, 5.41) is 53.3. The van der Waals surface area contributed by atoms with Crippen LogP contribution in [0.4, 0.5) is 0 Å². The number of allylic oxidation sites excluding steroid dienone is 1. The van der Waals surface area contributed by atoms with E-state index in [9.17, 15) is 39.9 Å². The average molecular weight is 561 g/mol. The minimum absolute atomic E-state index is 0.0248. The van der Waals surface area contributed by atoms with Crippen LogP contribution in [0.3, 0.4) is 0 Å². The predicted octanol–water partition coefficient (Wildman–Crippen LogP) is 3.59. The van der Waals surface area contributed by atoms with Crippen LogP contribution in [-0.4, -0.2) is 67.5 Å². The molecule has 2 saturated carbocycles. The van der Waals surface area contributed by atoms with Crippen LogP contribution in [0, 0.1) is 39.4 Å². The quantitative estimate of drug-likeness (QED) is 0.296. The molecule has 4 aliphatic rings. The summed E-state index contributed by atoms with van der Waals surface area (Å²) < 4.78 is 0. The van der Waals surface area contributed by atoms with Gasteiger partial charge in [-0.05, 0) is 67.4 Å². The third kappa shape index (κ3) is 4.45. The smallest absolute Gasteiger partial charge is 0.331 e. The maximum atomic E-state index is 14.2. The molecule has 224 valence electrons. The van der Waals surface area contributed by atoms with Gasteiger partial charge in [-0.25, -0.2) is 4.79 Å². The largest absolute Gasteiger partial charge is 0.478 e. The number of carboxylic acids is 1. The lowest BCUT2D eigenvalue weighted by Crippen LogP contribution is -2.60. The number of ketones is 2. The van der Waals surface area contributed by atoms with Crippen molar-refractivity contribution < 1.29 is 39.9 Å². The van der Waals surface area contributed by atoms with Gasteiger partial charge in [-0.1, -0.05) is 41.5 Å². The first-order valence-corrected chi connectivity index (χ1v) is 14.8. The molecular formula is C32H48O8. The molecule has 0 aromatic rings. The van der Waals surface area contributed by atoms with Crippen molar-refractivity contribution in [2.24, 2.45) is 39.4 Å². The van der Waals surface area contributed by atoms with Crippen molar-refractivity contribution in [3.05, 3.63) is 22.8 Å². The Morgan fingerprint density at radius 1 is 1.05 bits per heavy atom. The molecule has 8 nitrogen and oxygen atoms in total. The number of aliphatic hydroxyl groups is 4. The highest BCUT2D eigenvalue weighted by molar-refractivity contribution is 6.01. The van der Waals surface area contributed by atoms with Crippen molar-refractivity contribution in [1.29, 1.82) is 0 Å². The number of fused-ring (bicyclic) bond motifs is 4. The Bertz CT molecular complexity index is 1150. The van der Waals surface area contributed by atoms with E-state index in [1.807, 2.05) is 34.6 Å². The molecule has 0 amide bonds. The molecule has 4 rings (SSSR count). The van der Waals surface area contributed by atoms with Crippen molar-refractivity contribution in [3.63, 3.8) is 0 Å². The van der Waals surface area contributed by atoms with Crippen molar-refractivity contribution in [1.82, 2.24) is 0 Å². The van der Waals surface area contributed by atoms with Crippen LogP contribution in [0.1, 0.15) is 93.4 Å². The van der Waals surface area contributed by atoms with Crippen LogP contribution in [0.25, 0.3) is 0 Å². The summed E-state index contributed by atoms with van der Waals surface area (Å²) in [6, 6.07) is 0. The first kappa shape index (κ1) is 31.1. The number of rotatable bonds is 7. The van der Waals surface area contributed by atoms with Gasteiger partial charge in [0.15, 0.2) is 5.78 Å². The number of carbonyl (C=O) groups is 3. The van der Waals surface area contributed by atoms with E-state index in [0.29, 0.717) is 36.8 Å². The second-order valence-electron chi connectivity index (χ2n) is 14.6. The summed E-state index contributed by atoms with van der Waals surface area (Å²) in [4.78, 5) is 38.6. The van der Waals surface area contributed by atoms with Gasteiger partial charge >= 0.3 is 5.97 Å². The number of aliphatic hydroxyl groups excluding tert-OH is 4. The predicted molar refractivity (Wildman–Crippen MR) is 149 cm³/mol. The highest BCUT2D eigenvalue weighted by atomic mass is 16.4. The topological polar surface area (TPSA) is 152 Å². The Labute approximate surface area is 237 Å². The van der Waals surface area contributed by atoms with E-state index in [2.05, 4.69) is 6.92 Å². The van der Waals surface area contributed by atoms with Gasteiger partial charge < -0.3 is 25.5 Å². The molecule has 0 radical (unpaired) electrons. The molecule has 0 aromatic heterocycles. The number of aliphatic carboxylic acids is 1. The van der Waals surface area contributed by atoms with E-state index in [1.54, 1.807) is 0 Å². The van der Waals surface area contributed by atoms with Crippen molar-refractivity contribution in [2.45, 2.75) is 118 Å². The minimum atomic E-state index is -1.19. The minimum Gasteiger partial charge on any atom is -0.478 e. The maximum absolute atomic E-state index is 14.2. The number of hydrogen-bond donors (Lipinski definition) is 5. The monoisotopic (exact) mass is 560 g/mol. The van der Waals surface area contributed by atoms with Gasteiger partial charge in [-0.3, -0.25) is 9.59 Å². The Kier molecular flexibility index (Phi) is 7.88. The Balaban J connectivity index is 1.72. The van der Waals surface area contributed by atoms with E-state index in [-0.39, 0.29) is 54.2 Å². The van der Waals surface area contributed by atoms with Crippen molar-refractivity contribution in [2.75, 3.05) is 0 Å². The lowest BCUT2D eigenvalue weighted by molar-refractivity contribution is -0.146. The summed E-state index contributed by atoms with van der Waals surface area (Å²) in [7, 11) is 0. The second-order valence-corrected chi connectivity index (χ2v) is 14.6. The standard InChI is InChI=1S/C32H48O8/c1-16(10-19(34)12-18(28(39)40)11-17(2)33)20-13-25(38)32(7)27-21(35)14-23-29(3,4)24(37)8-9-30(23,5)26(27)22(36)15-31(20,32)6/h12,16-17,19-21,23,25,33-35,38H,8-11,13-15H2,1-7H3,(H,39,40). The molecule has 0 spiro atoms.